The number of thioether (sulfide) groups is 1. The van der Waals surface area contributed by atoms with Crippen LogP contribution < -0.4 is 0 Å². The van der Waals surface area contributed by atoms with E-state index in [0.717, 1.165) is 31.5 Å². The van der Waals surface area contributed by atoms with Crippen molar-refractivity contribution in [1.29, 1.82) is 0 Å². The Hall–Kier alpha value is -2.66. The summed E-state index contributed by atoms with van der Waals surface area (Å²) in [6, 6.07) is 8.59. The van der Waals surface area contributed by atoms with Gasteiger partial charge in [0.25, 0.3) is 0 Å². The summed E-state index contributed by atoms with van der Waals surface area (Å²) in [6.07, 6.45) is 5.64. The lowest BCUT2D eigenvalue weighted by Crippen LogP contribution is -2.59. The van der Waals surface area contributed by atoms with Gasteiger partial charge in [0, 0.05) is 50.6 Å². The zero-order valence-electron chi connectivity index (χ0n) is 27.8. The van der Waals surface area contributed by atoms with Crippen molar-refractivity contribution in [3.05, 3.63) is 61.2 Å². The molecule has 9 nitrogen and oxygen atoms in total. The Morgan fingerprint density at radius 1 is 1.11 bits per heavy atom. The lowest BCUT2D eigenvalue weighted by Gasteiger charge is -2.41. The second-order valence-corrected chi connectivity index (χ2v) is 15.5. The maximum absolute atomic E-state index is 14.9. The third kappa shape index (κ3) is 6.30. The monoisotopic (exact) mass is 652 g/mol. The number of benzene rings is 1. The van der Waals surface area contributed by atoms with Crippen molar-refractivity contribution in [3.63, 3.8) is 0 Å². The van der Waals surface area contributed by atoms with Crippen LogP contribution in [-0.2, 0) is 25.7 Å². The maximum Gasteiger partial charge on any atom is 0.247 e. The minimum atomic E-state index is -0.771. The highest BCUT2D eigenvalue weighted by Crippen LogP contribution is 2.72. The molecule has 4 heterocycles. The van der Waals surface area contributed by atoms with E-state index in [1.54, 1.807) is 28.8 Å². The lowest BCUT2D eigenvalue weighted by atomic mass is 9.66. The van der Waals surface area contributed by atoms with Crippen molar-refractivity contribution in [2.24, 2.45) is 17.8 Å². The molecule has 4 aliphatic rings. The topological polar surface area (TPSA) is 93.6 Å². The summed E-state index contributed by atoms with van der Waals surface area (Å²) in [5.41, 5.74) is 1.01. The molecule has 252 valence electrons. The first-order valence-electron chi connectivity index (χ1n) is 16.9. The zero-order chi connectivity index (χ0) is 33.1. The van der Waals surface area contributed by atoms with Crippen LogP contribution in [0.3, 0.4) is 0 Å². The summed E-state index contributed by atoms with van der Waals surface area (Å²) in [7, 11) is 0. The number of hydrogen-bond donors (Lipinski definition) is 1. The van der Waals surface area contributed by atoms with E-state index in [-0.39, 0.29) is 30.2 Å². The molecular formula is C36H52N4O5S. The van der Waals surface area contributed by atoms with E-state index in [0.29, 0.717) is 52.4 Å². The predicted molar refractivity (Wildman–Crippen MR) is 182 cm³/mol. The summed E-state index contributed by atoms with van der Waals surface area (Å²) in [5.74, 6) is -1.60. The molecule has 2 bridgehead atoms. The number of morpholine rings is 1. The summed E-state index contributed by atoms with van der Waals surface area (Å²) in [5, 5.41) is 10.8. The van der Waals surface area contributed by atoms with E-state index in [9.17, 15) is 19.5 Å². The number of aliphatic hydroxyl groups excluding tert-OH is 1. The van der Waals surface area contributed by atoms with Crippen molar-refractivity contribution < 1.29 is 24.2 Å². The molecule has 1 aromatic rings. The highest BCUT2D eigenvalue weighted by atomic mass is 32.2. The van der Waals surface area contributed by atoms with E-state index < -0.39 is 33.4 Å². The average molecular weight is 653 g/mol. The molecule has 4 aliphatic heterocycles. The van der Waals surface area contributed by atoms with E-state index in [4.69, 9.17) is 4.74 Å². The van der Waals surface area contributed by atoms with Gasteiger partial charge in [0.15, 0.2) is 0 Å². The Labute approximate surface area is 279 Å². The lowest BCUT2D eigenvalue weighted by molar-refractivity contribution is -0.149. The van der Waals surface area contributed by atoms with Crippen molar-refractivity contribution in [1.82, 2.24) is 19.6 Å². The van der Waals surface area contributed by atoms with E-state index in [2.05, 4.69) is 25.0 Å². The van der Waals surface area contributed by atoms with Gasteiger partial charge in [-0.3, -0.25) is 19.3 Å². The van der Waals surface area contributed by atoms with E-state index >= 15 is 0 Å². The summed E-state index contributed by atoms with van der Waals surface area (Å²) in [4.78, 5) is 52.1. The maximum atomic E-state index is 14.9. The molecule has 0 radical (unpaired) electrons. The number of carbonyl (C=O) groups excluding carboxylic acids is 3. The third-order valence-electron chi connectivity index (χ3n) is 10.9. The van der Waals surface area contributed by atoms with Gasteiger partial charge in [0.1, 0.15) is 6.04 Å². The van der Waals surface area contributed by atoms with Crippen molar-refractivity contribution in [3.8, 4) is 0 Å². The zero-order valence-corrected chi connectivity index (χ0v) is 28.6. The van der Waals surface area contributed by atoms with Crippen LogP contribution in [0.25, 0.3) is 0 Å². The minimum absolute atomic E-state index is 0.0250. The van der Waals surface area contributed by atoms with Gasteiger partial charge >= 0.3 is 0 Å². The van der Waals surface area contributed by atoms with Crippen LogP contribution in [0.2, 0.25) is 0 Å². The molecule has 0 aliphatic carbocycles. The standard InChI is InChI=1S/C36H52N4O5S/c1-6-16-38(19-18-37-20-22-45-23-21-37)34(44)31-36-15-14-35(5,46-36)29(30(36)33(43)40(31)28(25-41)26(4)8-3)32(42)39(17-7-2)24-27-12-10-9-11-13-27/h6-7,9-13,26,28-31,41H,1-2,8,14-25H2,3-5H3/t26-,28-,29-,30-,31?,35+,36?/m0/s1. The van der Waals surface area contributed by atoms with Gasteiger partial charge < -0.3 is 24.5 Å². The number of ether oxygens (including phenoxy) is 1. The Balaban J connectivity index is 1.53. The number of rotatable bonds is 15. The average Bonchev–Trinajstić information content (AvgIpc) is 3.64. The second-order valence-electron chi connectivity index (χ2n) is 13.6. The molecule has 4 saturated heterocycles. The quantitative estimate of drug-likeness (QED) is 0.290. The number of likely N-dealkylation sites (tertiary alicyclic amines) is 1. The number of fused-ring (bicyclic) bond motifs is 1. The smallest absolute Gasteiger partial charge is 0.247 e. The molecule has 3 amide bonds. The third-order valence-corrected chi connectivity index (χ3v) is 12.9. The minimum Gasteiger partial charge on any atom is -0.394 e. The van der Waals surface area contributed by atoms with Gasteiger partial charge in [0.05, 0.1) is 42.4 Å². The van der Waals surface area contributed by atoms with Crippen LogP contribution in [0.1, 0.15) is 45.6 Å². The fourth-order valence-corrected chi connectivity index (χ4v) is 10.6. The van der Waals surface area contributed by atoms with Crippen molar-refractivity contribution >= 4 is 29.5 Å². The molecule has 46 heavy (non-hydrogen) atoms. The number of amides is 3. The Bertz CT molecular complexity index is 1270. The first-order chi connectivity index (χ1) is 22.2. The van der Waals surface area contributed by atoms with Crippen LogP contribution in [-0.4, -0.2) is 123 Å². The fraction of sp³-hybridized carbons (Fsp3) is 0.639. The van der Waals surface area contributed by atoms with Crippen LogP contribution >= 0.6 is 11.8 Å². The second kappa shape index (κ2) is 14.6. The van der Waals surface area contributed by atoms with Crippen LogP contribution in [0.15, 0.2) is 55.6 Å². The highest BCUT2D eigenvalue weighted by molar-refractivity contribution is 8.02. The van der Waals surface area contributed by atoms with Gasteiger partial charge in [-0.2, -0.15) is 0 Å². The Kier molecular flexibility index (Phi) is 11.0. The molecule has 1 N–H and O–H groups in total. The van der Waals surface area contributed by atoms with E-state index in [1.165, 1.54) is 0 Å². The van der Waals surface area contributed by atoms with Gasteiger partial charge in [-0.15, -0.1) is 24.9 Å². The fourth-order valence-electron chi connectivity index (χ4n) is 8.29. The molecule has 10 heteroatoms. The van der Waals surface area contributed by atoms with Crippen LogP contribution in [0.5, 0.6) is 0 Å². The molecule has 1 spiro atoms. The molecule has 2 unspecified atom stereocenters. The van der Waals surface area contributed by atoms with Gasteiger partial charge in [-0.05, 0) is 31.2 Å². The van der Waals surface area contributed by atoms with Crippen LogP contribution in [0.4, 0.5) is 0 Å². The predicted octanol–water partition coefficient (Wildman–Crippen LogP) is 3.44. The van der Waals surface area contributed by atoms with Gasteiger partial charge in [-0.25, -0.2) is 0 Å². The normalized spacial score (nSPS) is 30.1. The first-order valence-corrected chi connectivity index (χ1v) is 17.7. The summed E-state index contributed by atoms with van der Waals surface area (Å²) < 4.78 is 4.28. The van der Waals surface area contributed by atoms with Crippen molar-refractivity contribution in [2.75, 3.05) is 59.1 Å². The molecular weight excluding hydrogens is 600 g/mol. The molecule has 5 rings (SSSR count). The Morgan fingerprint density at radius 2 is 1.78 bits per heavy atom. The molecule has 7 atom stereocenters. The summed E-state index contributed by atoms with van der Waals surface area (Å²) in [6.45, 7) is 19.2. The number of nitrogens with zero attached hydrogens (tertiary/aromatic N) is 4. The Morgan fingerprint density at radius 3 is 2.41 bits per heavy atom. The molecule has 0 saturated carbocycles. The van der Waals surface area contributed by atoms with Crippen LogP contribution in [0, 0.1) is 17.8 Å². The molecule has 4 fully saturated rings. The highest BCUT2D eigenvalue weighted by Gasteiger charge is 2.78. The molecule has 0 aromatic heterocycles. The van der Waals surface area contributed by atoms with Crippen molar-refractivity contribution in [2.45, 2.75) is 68.2 Å². The largest absolute Gasteiger partial charge is 0.394 e. The van der Waals surface area contributed by atoms with Gasteiger partial charge in [0.2, 0.25) is 17.7 Å². The SMILES string of the molecule is C=CCN(CCN1CCOCC1)C(=O)C1N([C@@H](CO)[C@@H](C)CC)C(=O)[C@@H]2[C@@H](C(=O)N(CC=C)Cc3ccccc3)[C@@]3(C)CCC12S3. The van der Waals surface area contributed by atoms with E-state index in [1.807, 2.05) is 54.0 Å². The molecule has 1 aromatic carbocycles. The number of aliphatic hydroxyl groups is 1. The number of hydrogen-bond acceptors (Lipinski definition) is 7. The summed E-state index contributed by atoms with van der Waals surface area (Å²) >= 11 is 1.69. The number of carbonyl (C=O) groups is 3. The first kappa shape index (κ1) is 34.7. The van der Waals surface area contributed by atoms with Gasteiger partial charge in [-0.1, -0.05) is 62.8 Å².